The van der Waals surface area contributed by atoms with Crippen LogP contribution in [0.2, 0.25) is 0 Å². The highest BCUT2D eigenvalue weighted by Gasteiger charge is 2.56. The van der Waals surface area contributed by atoms with Crippen LogP contribution in [-0.2, 0) is 11.2 Å². The van der Waals surface area contributed by atoms with Gasteiger partial charge in [-0.05, 0) is 106 Å². The lowest BCUT2D eigenvalue weighted by Gasteiger charge is -2.58. The maximum absolute atomic E-state index is 13.5. The van der Waals surface area contributed by atoms with E-state index in [9.17, 15) is 19.8 Å². The molecule has 2 heterocycles. The Morgan fingerprint density at radius 1 is 0.897 bits per heavy atom. The van der Waals surface area contributed by atoms with Gasteiger partial charge in [0.2, 0.25) is 5.91 Å². The van der Waals surface area contributed by atoms with Crippen LogP contribution < -0.4 is 21.3 Å². The molecule has 9 heteroatoms. The Labute approximate surface area is 229 Å². The molecule has 4 atom stereocenters. The van der Waals surface area contributed by atoms with E-state index in [-0.39, 0.29) is 30.4 Å². The Morgan fingerprint density at radius 2 is 1.49 bits per heavy atom. The van der Waals surface area contributed by atoms with Gasteiger partial charge in [-0.1, -0.05) is 0 Å². The lowest BCUT2D eigenvalue weighted by Crippen LogP contribution is -2.62. The van der Waals surface area contributed by atoms with Crippen molar-refractivity contribution in [1.29, 1.82) is 0 Å². The molecule has 8 saturated carbocycles. The molecule has 1 aromatic heterocycles. The number of hydrogen-bond acceptors (Lipinski definition) is 7. The van der Waals surface area contributed by atoms with Gasteiger partial charge in [0.15, 0.2) is 0 Å². The molecule has 9 nitrogen and oxygen atoms in total. The Kier molecular flexibility index (Phi) is 5.35. The van der Waals surface area contributed by atoms with Gasteiger partial charge < -0.3 is 31.5 Å². The molecular weight excluding hydrogens is 494 g/mol. The predicted octanol–water partition coefficient (Wildman–Crippen LogP) is 2.19. The number of pyridine rings is 1. The first-order chi connectivity index (χ1) is 18.7. The van der Waals surface area contributed by atoms with Crippen LogP contribution in [0.5, 0.6) is 0 Å². The van der Waals surface area contributed by atoms with Gasteiger partial charge in [0.05, 0.1) is 29.0 Å². The van der Waals surface area contributed by atoms with Crippen LogP contribution in [0.15, 0.2) is 6.20 Å². The molecule has 8 bridgehead atoms. The van der Waals surface area contributed by atoms with Crippen LogP contribution in [0.3, 0.4) is 0 Å². The SMILES string of the molecule is O=C(CNC(=O)c1cnc2c(c1N[C@H]1C3CC4CC1C[C@@](O)(C4)C3)CCN2)N[C@H]1C2CC3CC1C[C@@](O)(C3)C2. The number of carbonyl (C=O) groups excluding carboxylic acids is 2. The summed E-state index contributed by atoms with van der Waals surface area (Å²) in [6.45, 7) is 0.726. The molecule has 9 aliphatic rings. The molecule has 1 aromatic rings. The summed E-state index contributed by atoms with van der Waals surface area (Å²) in [5, 5.41) is 35.1. The van der Waals surface area contributed by atoms with Crippen molar-refractivity contribution in [3.8, 4) is 0 Å². The standard InChI is InChI=1S/C30H41N5O4/c36-23(34-24-17-3-15-4-18(24)10-29(38,7-15)9-17)14-33-28(37)22-13-32-27-21(1-2-31-27)26(22)35-25-19-5-16-6-20(25)12-30(39,8-16)11-19/h13,15-20,24-25,38-39H,1-12,14H2,(H,33,37)(H,34,36)(H2,31,32,35)/t15?,16?,17?,18?,19?,20?,24-,25-,29+,30+. The Balaban J connectivity index is 0.963. The van der Waals surface area contributed by atoms with Gasteiger partial charge in [-0.2, -0.15) is 0 Å². The summed E-state index contributed by atoms with van der Waals surface area (Å²) in [5.74, 6) is 3.11. The fourth-order valence-corrected chi connectivity index (χ4v) is 10.7. The van der Waals surface area contributed by atoms with Crippen LogP contribution in [-0.4, -0.2) is 63.4 Å². The van der Waals surface area contributed by atoms with Crippen molar-refractivity contribution in [3.63, 3.8) is 0 Å². The molecule has 10 rings (SSSR count). The third-order valence-electron chi connectivity index (χ3n) is 11.6. The highest BCUT2D eigenvalue weighted by atomic mass is 16.3. The van der Waals surface area contributed by atoms with E-state index in [0.29, 0.717) is 41.1 Å². The van der Waals surface area contributed by atoms with Crippen LogP contribution in [0, 0.1) is 35.5 Å². The van der Waals surface area contributed by atoms with E-state index in [1.54, 1.807) is 6.20 Å². The van der Waals surface area contributed by atoms with E-state index in [0.717, 1.165) is 94.2 Å². The van der Waals surface area contributed by atoms with Crippen molar-refractivity contribution < 1.29 is 19.8 Å². The number of hydrogen-bond donors (Lipinski definition) is 6. The summed E-state index contributed by atoms with van der Waals surface area (Å²) in [6.07, 6.45) is 12.0. The van der Waals surface area contributed by atoms with E-state index in [1.807, 2.05) is 0 Å². The number of rotatable bonds is 6. The maximum atomic E-state index is 13.5. The molecule has 4 unspecified atom stereocenters. The number of carbonyl (C=O) groups is 2. The summed E-state index contributed by atoms with van der Waals surface area (Å²) < 4.78 is 0. The zero-order valence-corrected chi connectivity index (χ0v) is 22.5. The molecule has 6 N–H and O–H groups in total. The first kappa shape index (κ1) is 24.4. The van der Waals surface area contributed by atoms with E-state index < -0.39 is 11.2 Å². The van der Waals surface area contributed by atoms with Crippen LogP contribution in [0.1, 0.15) is 80.1 Å². The summed E-state index contributed by atoms with van der Waals surface area (Å²) in [6, 6.07) is 0.346. The lowest BCUT2D eigenvalue weighted by atomic mass is 9.52. The monoisotopic (exact) mass is 535 g/mol. The minimum absolute atomic E-state index is 0.0688. The molecule has 1 aliphatic heterocycles. The zero-order valence-electron chi connectivity index (χ0n) is 22.5. The van der Waals surface area contributed by atoms with Crippen LogP contribution in [0.25, 0.3) is 0 Å². The number of anilines is 2. The Bertz CT molecular complexity index is 1190. The molecule has 8 fully saturated rings. The van der Waals surface area contributed by atoms with E-state index in [2.05, 4.69) is 26.3 Å². The maximum Gasteiger partial charge on any atom is 0.255 e. The fraction of sp³-hybridized carbons (Fsp3) is 0.767. The largest absolute Gasteiger partial charge is 0.390 e. The van der Waals surface area contributed by atoms with Crippen LogP contribution in [0.4, 0.5) is 11.5 Å². The highest BCUT2D eigenvalue weighted by molar-refractivity contribution is 6.02. The Hall–Kier alpha value is -2.39. The van der Waals surface area contributed by atoms with Crippen molar-refractivity contribution in [2.24, 2.45) is 35.5 Å². The molecule has 8 aliphatic carbocycles. The minimum Gasteiger partial charge on any atom is -0.390 e. The number of aromatic nitrogens is 1. The fourth-order valence-electron chi connectivity index (χ4n) is 10.7. The molecule has 0 spiro atoms. The van der Waals surface area contributed by atoms with E-state index in [1.165, 1.54) is 0 Å². The third-order valence-corrected chi connectivity index (χ3v) is 11.6. The Morgan fingerprint density at radius 3 is 2.08 bits per heavy atom. The van der Waals surface area contributed by atoms with Gasteiger partial charge >= 0.3 is 0 Å². The molecular formula is C30H41N5O4. The second-order valence-electron chi connectivity index (χ2n) is 14.4. The van der Waals surface area contributed by atoms with E-state index >= 15 is 0 Å². The average Bonchev–Trinajstić information content (AvgIpc) is 3.34. The van der Waals surface area contributed by atoms with Crippen molar-refractivity contribution in [2.45, 2.75) is 93.9 Å². The molecule has 0 saturated heterocycles. The van der Waals surface area contributed by atoms with Crippen molar-refractivity contribution >= 4 is 23.3 Å². The lowest BCUT2D eigenvalue weighted by molar-refractivity contribution is -0.146. The second kappa shape index (κ2) is 8.56. The van der Waals surface area contributed by atoms with Gasteiger partial charge in [0, 0.05) is 30.4 Å². The van der Waals surface area contributed by atoms with Gasteiger partial charge in [-0.3, -0.25) is 9.59 Å². The first-order valence-corrected chi connectivity index (χ1v) is 15.3. The van der Waals surface area contributed by atoms with Gasteiger partial charge in [0.25, 0.3) is 5.91 Å². The van der Waals surface area contributed by atoms with Crippen molar-refractivity contribution in [3.05, 3.63) is 17.3 Å². The first-order valence-electron chi connectivity index (χ1n) is 15.3. The van der Waals surface area contributed by atoms with E-state index in [4.69, 9.17) is 0 Å². The zero-order chi connectivity index (χ0) is 26.5. The smallest absolute Gasteiger partial charge is 0.255 e. The number of nitrogens with zero attached hydrogens (tertiary/aromatic N) is 1. The summed E-state index contributed by atoms with van der Waals surface area (Å²) in [7, 11) is 0. The minimum atomic E-state index is -0.528. The summed E-state index contributed by atoms with van der Waals surface area (Å²) >= 11 is 0. The predicted molar refractivity (Wildman–Crippen MR) is 145 cm³/mol. The second-order valence-corrected chi connectivity index (χ2v) is 14.4. The summed E-state index contributed by atoms with van der Waals surface area (Å²) in [4.78, 5) is 31.0. The molecule has 210 valence electrons. The highest BCUT2D eigenvalue weighted by Crippen LogP contribution is 2.57. The molecule has 0 radical (unpaired) electrons. The van der Waals surface area contributed by atoms with Gasteiger partial charge in [-0.25, -0.2) is 4.98 Å². The third kappa shape index (κ3) is 4.05. The topological polar surface area (TPSA) is 136 Å². The quantitative estimate of drug-likeness (QED) is 0.329. The van der Waals surface area contributed by atoms with Gasteiger partial charge in [-0.15, -0.1) is 0 Å². The van der Waals surface area contributed by atoms with Crippen molar-refractivity contribution in [1.82, 2.24) is 15.6 Å². The average molecular weight is 536 g/mol. The number of amides is 2. The molecule has 2 amide bonds. The number of nitrogens with one attached hydrogen (secondary N) is 4. The number of fused-ring (bicyclic) bond motifs is 1. The molecule has 39 heavy (non-hydrogen) atoms. The van der Waals surface area contributed by atoms with Gasteiger partial charge in [0.1, 0.15) is 5.82 Å². The van der Waals surface area contributed by atoms with Crippen LogP contribution >= 0.6 is 0 Å². The van der Waals surface area contributed by atoms with Crippen molar-refractivity contribution in [2.75, 3.05) is 23.7 Å². The normalized spacial score (nSPS) is 44.2. The number of aliphatic hydroxyl groups is 2. The summed E-state index contributed by atoms with van der Waals surface area (Å²) in [5.41, 5.74) is 1.36. The molecule has 0 aromatic carbocycles.